The molecule has 0 atom stereocenters. The maximum atomic E-state index is 12.7. The molecule has 0 aromatic carbocycles. The molecular formula is C17H15N3O2. The molecule has 1 aliphatic rings. The second kappa shape index (κ2) is 5.26. The Labute approximate surface area is 127 Å². The third-order valence-electron chi connectivity index (χ3n) is 3.99. The van der Waals surface area contributed by atoms with Gasteiger partial charge in [0.25, 0.3) is 5.56 Å². The van der Waals surface area contributed by atoms with Gasteiger partial charge in [-0.1, -0.05) is 6.07 Å². The highest BCUT2D eigenvalue weighted by molar-refractivity contribution is 5.83. The lowest BCUT2D eigenvalue weighted by Gasteiger charge is -2.12. The number of hydrogen-bond acceptors (Lipinski definition) is 4. The summed E-state index contributed by atoms with van der Waals surface area (Å²) in [5.41, 5.74) is 3.35. The molecule has 3 aromatic heterocycles. The summed E-state index contributed by atoms with van der Waals surface area (Å²) in [6.45, 7) is 1.14. The minimum atomic E-state index is 0.0314. The fourth-order valence-corrected chi connectivity index (χ4v) is 2.93. The van der Waals surface area contributed by atoms with Gasteiger partial charge in [-0.3, -0.25) is 14.8 Å². The van der Waals surface area contributed by atoms with Crippen LogP contribution in [0.4, 0.5) is 0 Å². The third-order valence-corrected chi connectivity index (χ3v) is 3.99. The summed E-state index contributed by atoms with van der Waals surface area (Å²) in [7, 11) is 0. The summed E-state index contributed by atoms with van der Waals surface area (Å²) in [6.07, 6.45) is 4.88. The molecule has 5 heteroatoms. The first kappa shape index (κ1) is 13.0. The van der Waals surface area contributed by atoms with Gasteiger partial charge < -0.3 is 9.30 Å². The van der Waals surface area contributed by atoms with Crippen molar-refractivity contribution in [3.63, 3.8) is 0 Å². The van der Waals surface area contributed by atoms with Crippen LogP contribution in [0.15, 0.2) is 47.5 Å². The molecule has 0 fully saturated rings. The van der Waals surface area contributed by atoms with Gasteiger partial charge in [0.15, 0.2) is 5.75 Å². The minimum Gasteiger partial charge on any atom is -0.490 e. The Balaban J connectivity index is 1.82. The van der Waals surface area contributed by atoms with Crippen molar-refractivity contribution in [2.75, 3.05) is 6.61 Å². The topological polar surface area (TPSA) is 57.0 Å². The van der Waals surface area contributed by atoms with Gasteiger partial charge in [0.1, 0.15) is 5.52 Å². The monoisotopic (exact) mass is 293 g/mol. The van der Waals surface area contributed by atoms with Crippen LogP contribution in [0.5, 0.6) is 5.75 Å². The molecule has 4 rings (SSSR count). The Morgan fingerprint density at radius 3 is 2.91 bits per heavy atom. The van der Waals surface area contributed by atoms with E-state index in [1.54, 1.807) is 17.0 Å². The molecule has 5 nitrogen and oxygen atoms in total. The smallest absolute Gasteiger partial charge is 0.258 e. The zero-order valence-electron chi connectivity index (χ0n) is 12.0. The van der Waals surface area contributed by atoms with Crippen molar-refractivity contribution < 1.29 is 4.74 Å². The summed E-state index contributed by atoms with van der Waals surface area (Å²) in [4.78, 5) is 21.5. The lowest BCUT2D eigenvalue weighted by atomic mass is 10.1. The van der Waals surface area contributed by atoms with Crippen molar-refractivity contribution in [3.8, 4) is 5.75 Å². The number of aryl methyl sites for hydroxylation is 2. The highest BCUT2D eigenvalue weighted by Gasteiger charge is 2.23. The predicted octanol–water partition coefficient (Wildman–Crippen LogP) is 1.97. The molecular weight excluding hydrogens is 278 g/mol. The van der Waals surface area contributed by atoms with Gasteiger partial charge in [0, 0.05) is 37.5 Å². The molecule has 0 radical (unpaired) electrons. The molecule has 0 saturated carbocycles. The van der Waals surface area contributed by atoms with E-state index in [0.29, 0.717) is 31.7 Å². The molecule has 0 aliphatic carbocycles. The number of hydrogen-bond donors (Lipinski definition) is 0. The molecule has 1 aliphatic heterocycles. The zero-order chi connectivity index (χ0) is 14.9. The quantitative estimate of drug-likeness (QED) is 0.741. The van der Waals surface area contributed by atoms with E-state index in [2.05, 4.69) is 9.97 Å². The van der Waals surface area contributed by atoms with E-state index < -0.39 is 0 Å². The number of nitrogens with zero attached hydrogens (tertiary/aromatic N) is 3. The fourth-order valence-electron chi connectivity index (χ4n) is 2.93. The van der Waals surface area contributed by atoms with Crippen molar-refractivity contribution in [3.05, 3.63) is 64.3 Å². The van der Waals surface area contributed by atoms with Crippen molar-refractivity contribution in [2.45, 2.75) is 19.4 Å². The van der Waals surface area contributed by atoms with Gasteiger partial charge in [0.05, 0.1) is 17.7 Å². The first-order chi connectivity index (χ1) is 10.8. The number of rotatable bonds is 3. The maximum Gasteiger partial charge on any atom is 0.258 e. The van der Waals surface area contributed by atoms with E-state index >= 15 is 0 Å². The van der Waals surface area contributed by atoms with Crippen molar-refractivity contribution in [1.82, 2.24) is 14.5 Å². The Kier molecular flexibility index (Phi) is 3.11. The molecule has 0 bridgehead atoms. The summed E-state index contributed by atoms with van der Waals surface area (Å²) in [5, 5.41) is 0. The minimum absolute atomic E-state index is 0.0314. The normalized spacial score (nSPS) is 13.1. The van der Waals surface area contributed by atoms with E-state index in [1.165, 1.54) is 0 Å². The van der Waals surface area contributed by atoms with E-state index in [9.17, 15) is 4.79 Å². The Morgan fingerprint density at radius 1 is 1.14 bits per heavy atom. The summed E-state index contributed by atoms with van der Waals surface area (Å²) in [5.74, 6) is 0.662. The van der Waals surface area contributed by atoms with Gasteiger partial charge in [-0.15, -0.1) is 0 Å². The average molecular weight is 293 g/mol. The first-order valence-corrected chi connectivity index (χ1v) is 7.38. The van der Waals surface area contributed by atoms with Gasteiger partial charge in [-0.05, 0) is 24.3 Å². The van der Waals surface area contributed by atoms with E-state index in [0.717, 1.165) is 22.3 Å². The van der Waals surface area contributed by atoms with E-state index in [1.807, 2.05) is 30.3 Å². The molecule has 0 saturated heterocycles. The lowest BCUT2D eigenvalue weighted by molar-refractivity contribution is 0.359. The molecule has 4 heterocycles. The molecule has 0 spiro atoms. The Bertz CT molecular complexity index is 888. The molecule has 0 unspecified atom stereocenters. The Morgan fingerprint density at radius 2 is 2.05 bits per heavy atom. The second-order valence-electron chi connectivity index (χ2n) is 5.31. The molecule has 110 valence electrons. The average Bonchev–Trinajstić information content (AvgIpc) is 3.06. The van der Waals surface area contributed by atoms with Crippen LogP contribution < -0.4 is 10.3 Å². The van der Waals surface area contributed by atoms with Crippen LogP contribution in [0, 0.1) is 0 Å². The largest absolute Gasteiger partial charge is 0.490 e. The van der Waals surface area contributed by atoms with Crippen LogP contribution >= 0.6 is 0 Å². The summed E-state index contributed by atoms with van der Waals surface area (Å²) < 4.78 is 7.42. The Hall–Kier alpha value is -2.69. The van der Waals surface area contributed by atoms with Crippen molar-refractivity contribution in [2.24, 2.45) is 0 Å². The third kappa shape index (κ3) is 2.06. The second-order valence-corrected chi connectivity index (χ2v) is 5.31. The van der Waals surface area contributed by atoms with E-state index in [-0.39, 0.29) is 5.56 Å². The van der Waals surface area contributed by atoms with Crippen LogP contribution in [0.2, 0.25) is 0 Å². The lowest BCUT2D eigenvalue weighted by Crippen LogP contribution is -2.24. The number of ether oxygens (including phenoxy) is 1. The number of aromatic nitrogens is 3. The highest BCUT2D eigenvalue weighted by atomic mass is 16.5. The van der Waals surface area contributed by atoms with Crippen molar-refractivity contribution >= 4 is 11.0 Å². The predicted molar refractivity (Wildman–Crippen MR) is 83.1 cm³/mol. The van der Waals surface area contributed by atoms with E-state index in [4.69, 9.17) is 4.74 Å². The van der Waals surface area contributed by atoms with Crippen LogP contribution in [0.3, 0.4) is 0 Å². The standard InChI is InChI=1S/C17H15N3O2/c21-17-13-7-11-22-16(13)15-14(5-3-9-19-15)20(17)10-6-12-4-1-2-8-18-12/h1-5,8-9H,6-7,10-11H2. The summed E-state index contributed by atoms with van der Waals surface area (Å²) in [6, 6.07) is 9.59. The van der Waals surface area contributed by atoms with Crippen molar-refractivity contribution in [1.29, 1.82) is 0 Å². The first-order valence-electron chi connectivity index (χ1n) is 7.38. The van der Waals surface area contributed by atoms with Crippen LogP contribution in [-0.4, -0.2) is 21.1 Å². The maximum absolute atomic E-state index is 12.7. The van der Waals surface area contributed by atoms with Gasteiger partial charge in [-0.2, -0.15) is 0 Å². The molecule has 3 aromatic rings. The number of fused-ring (bicyclic) bond motifs is 3. The number of pyridine rings is 3. The molecule has 0 N–H and O–H groups in total. The van der Waals surface area contributed by atoms with Crippen LogP contribution in [0.25, 0.3) is 11.0 Å². The molecule has 22 heavy (non-hydrogen) atoms. The summed E-state index contributed by atoms with van der Waals surface area (Å²) >= 11 is 0. The van der Waals surface area contributed by atoms with Gasteiger partial charge in [-0.25, -0.2) is 0 Å². The highest BCUT2D eigenvalue weighted by Crippen LogP contribution is 2.29. The van der Waals surface area contributed by atoms with Gasteiger partial charge in [0.2, 0.25) is 0 Å². The van der Waals surface area contributed by atoms with Crippen LogP contribution in [-0.2, 0) is 19.4 Å². The van der Waals surface area contributed by atoms with Gasteiger partial charge >= 0.3 is 0 Å². The molecule has 0 amide bonds. The fraction of sp³-hybridized carbons (Fsp3) is 0.235. The SMILES string of the molecule is O=c1c2c(c3ncccc3n1CCc1ccccn1)OCC2. The van der Waals surface area contributed by atoms with Crippen LogP contribution in [0.1, 0.15) is 11.3 Å². The zero-order valence-corrected chi connectivity index (χ0v) is 12.0.